The number of hydrogen-bond donors (Lipinski definition) is 2. The third-order valence-corrected chi connectivity index (χ3v) is 2.26. The smallest absolute Gasteiger partial charge is 0.175 e. The number of alkyl halides is 1. The molecule has 3 nitrogen and oxygen atoms in total. The van der Waals surface area contributed by atoms with E-state index in [1.54, 1.807) is 6.08 Å². The van der Waals surface area contributed by atoms with Gasteiger partial charge in [0, 0.05) is 18.2 Å². The zero-order valence-electron chi connectivity index (χ0n) is 7.06. The number of fused-ring (bicyclic) bond motifs is 1. The SMILES string of the molecule is COC1=Cc2[nH]c(=S)[nH]c2CC1F. The number of nitrogens with one attached hydrogen (secondary N) is 2. The molecular weight excluding hydrogens is 191 g/mol. The largest absolute Gasteiger partial charge is 0.498 e. The summed E-state index contributed by atoms with van der Waals surface area (Å²) in [5, 5.41) is 0. The maximum absolute atomic E-state index is 13.3. The summed E-state index contributed by atoms with van der Waals surface area (Å²) in [6.45, 7) is 0. The molecule has 2 N–H and O–H groups in total. The molecule has 2 rings (SSSR count). The Hall–Kier alpha value is -1.10. The van der Waals surface area contributed by atoms with Crippen molar-refractivity contribution in [1.29, 1.82) is 0 Å². The van der Waals surface area contributed by atoms with Crippen LogP contribution in [0.2, 0.25) is 0 Å². The summed E-state index contributed by atoms with van der Waals surface area (Å²) in [6.07, 6.45) is 0.858. The van der Waals surface area contributed by atoms with E-state index in [1.807, 2.05) is 0 Å². The quantitative estimate of drug-likeness (QED) is 0.680. The predicted octanol–water partition coefficient (Wildman–Crippen LogP) is 1.95. The first-order valence-electron chi connectivity index (χ1n) is 3.91. The molecule has 13 heavy (non-hydrogen) atoms. The van der Waals surface area contributed by atoms with Crippen molar-refractivity contribution in [3.63, 3.8) is 0 Å². The number of ether oxygens (including phenoxy) is 1. The van der Waals surface area contributed by atoms with Crippen LogP contribution in [0, 0.1) is 4.77 Å². The van der Waals surface area contributed by atoms with E-state index >= 15 is 0 Å². The first-order chi connectivity index (χ1) is 6.20. The van der Waals surface area contributed by atoms with Crippen molar-refractivity contribution in [1.82, 2.24) is 9.97 Å². The van der Waals surface area contributed by atoms with Gasteiger partial charge in [-0.25, -0.2) is 4.39 Å². The number of hydrogen-bond acceptors (Lipinski definition) is 2. The first-order valence-corrected chi connectivity index (χ1v) is 4.32. The van der Waals surface area contributed by atoms with Gasteiger partial charge < -0.3 is 14.7 Å². The number of H-pyrrole nitrogens is 2. The van der Waals surface area contributed by atoms with Crippen molar-refractivity contribution >= 4 is 18.3 Å². The number of aromatic amines is 2. The van der Waals surface area contributed by atoms with Gasteiger partial charge in [-0.3, -0.25) is 0 Å². The zero-order chi connectivity index (χ0) is 9.42. The molecule has 0 amide bonds. The van der Waals surface area contributed by atoms with Crippen LogP contribution < -0.4 is 0 Å². The second kappa shape index (κ2) is 2.99. The van der Waals surface area contributed by atoms with Crippen LogP contribution in [-0.4, -0.2) is 23.2 Å². The standard InChI is InChI=1S/C8H9FN2OS/c1-12-7-3-6-5(2-4(7)9)10-8(13)11-6/h3-4H,2H2,1H3,(H2,10,11,13). The molecule has 0 bridgehead atoms. The van der Waals surface area contributed by atoms with E-state index < -0.39 is 6.17 Å². The number of rotatable bonds is 1. The van der Waals surface area contributed by atoms with Crippen LogP contribution in [0.15, 0.2) is 5.76 Å². The lowest BCUT2D eigenvalue weighted by atomic mass is 10.1. The summed E-state index contributed by atoms with van der Waals surface area (Å²) in [5.41, 5.74) is 1.62. The molecule has 5 heteroatoms. The fourth-order valence-corrected chi connectivity index (χ4v) is 1.65. The topological polar surface area (TPSA) is 40.8 Å². The van der Waals surface area contributed by atoms with Crippen LogP contribution in [-0.2, 0) is 11.2 Å². The van der Waals surface area contributed by atoms with Gasteiger partial charge in [-0.05, 0) is 12.2 Å². The minimum atomic E-state index is -1.07. The molecule has 70 valence electrons. The van der Waals surface area contributed by atoms with Crippen LogP contribution >= 0.6 is 12.2 Å². The van der Waals surface area contributed by atoms with E-state index in [1.165, 1.54) is 7.11 Å². The van der Waals surface area contributed by atoms with Gasteiger partial charge in [-0.1, -0.05) is 0 Å². The number of methoxy groups -OCH3 is 1. The first kappa shape index (κ1) is 8.50. The summed E-state index contributed by atoms with van der Waals surface area (Å²) in [4.78, 5) is 5.81. The molecule has 0 radical (unpaired) electrons. The lowest BCUT2D eigenvalue weighted by molar-refractivity contribution is 0.204. The fraction of sp³-hybridized carbons (Fsp3) is 0.375. The summed E-state index contributed by atoms with van der Waals surface area (Å²) in [5.74, 6) is 0.345. The van der Waals surface area contributed by atoms with Crippen LogP contribution in [0.5, 0.6) is 0 Å². The molecule has 0 spiro atoms. The van der Waals surface area contributed by atoms with Crippen LogP contribution in [0.1, 0.15) is 11.4 Å². The van der Waals surface area contributed by atoms with E-state index in [0.29, 0.717) is 17.0 Å². The molecule has 0 aliphatic heterocycles. The molecule has 1 aliphatic carbocycles. The molecule has 0 saturated heterocycles. The molecular formula is C8H9FN2OS. The normalized spacial score (nSPS) is 20.8. The molecule has 0 saturated carbocycles. The molecule has 1 aromatic heterocycles. The molecule has 1 unspecified atom stereocenters. The maximum atomic E-state index is 13.3. The van der Waals surface area contributed by atoms with Crippen LogP contribution in [0.4, 0.5) is 4.39 Å². The highest BCUT2D eigenvalue weighted by Gasteiger charge is 2.22. The summed E-state index contributed by atoms with van der Waals surface area (Å²) in [7, 11) is 1.46. The second-order valence-electron chi connectivity index (χ2n) is 2.89. The Labute approximate surface area is 79.6 Å². The van der Waals surface area contributed by atoms with Gasteiger partial charge in [0.15, 0.2) is 10.9 Å². The van der Waals surface area contributed by atoms with Gasteiger partial charge in [0.2, 0.25) is 0 Å². The second-order valence-corrected chi connectivity index (χ2v) is 3.30. The van der Waals surface area contributed by atoms with E-state index in [-0.39, 0.29) is 0 Å². The molecule has 1 heterocycles. The van der Waals surface area contributed by atoms with Crippen molar-refractivity contribution < 1.29 is 9.13 Å². The summed E-state index contributed by atoms with van der Waals surface area (Å²) >= 11 is 4.89. The van der Waals surface area contributed by atoms with E-state index in [4.69, 9.17) is 17.0 Å². The van der Waals surface area contributed by atoms with Gasteiger partial charge in [0.25, 0.3) is 0 Å². The average Bonchev–Trinajstić information content (AvgIpc) is 2.42. The van der Waals surface area contributed by atoms with Crippen LogP contribution in [0.3, 0.4) is 0 Å². The Morgan fingerprint density at radius 3 is 3.08 bits per heavy atom. The van der Waals surface area contributed by atoms with Crippen molar-refractivity contribution in [3.05, 3.63) is 21.9 Å². The minimum Gasteiger partial charge on any atom is -0.498 e. The predicted molar refractivity (Wildman–Crippen MR) is 49.6 cm³/mol. The van der Waals surface area contributed by atoms with E-state index in [0.717, 1.165) is 11.4 Å². The Balaban J connectivity index is 2.48. The fourth-order valence-electron chi connectivity index (χ4n) is 1.42. The van der Waals surface area contributed by atoms with Crippen molar-refractivity contribution in [3.8, 4) is 0 Å². The van der Waals surface area contributed by atoms with Gasteiger partial charge in [-0.2, -0.15) is 0 Å². The molecule has 1 aromatic rings. The molecule has 1 aliphatic rings. The lowest BCUT2D eigenvalue weighted by Gasteiger charge is -2.15. The average molecular weight is 200 g/mol. The van der Waals surface area contributed by atoms with Gasteiger partial charge in [0.1, 0.15) is 5.76 Å². The Kier molecular flexibility index (Phi) is 1.95. The number of halogens is 1. The highest BCUT2D eigenvalue weighted by Crippen LogP contribution is 2.24. The Morgan fingerprint density at radius 1 is 1.62 bits per heavy atom. The van der Waals surface area contributed by atoms with Gasteiger partial charge in [-0.15, -0.1) is 0 Å². The summed E-state index contributed by atoms with van der Waals surface area (Å²) in [6, 6.07) is 0. The van der Waals surface area contributed by atoms with Crippen molar-refractivity contribution in [2.24, 2.45) is 0 Å². The Morgan fingerprint density at radius 2 is 2.38 bits per heavy atom. The summed E-state index contributed by atoms with van der Waals surface area (Å²) < 4.78 is 18.7. The van der Waals surface area contributed by atoms with Gasteiger partial charge in [0.05, 0.1) is 12.8 Å². The number of allylic oxidation sites excluding steroid dienone is 1. The van der Waals surface area contributed by atoms with Gasteiger partial charge >= 0.3 is 0 Å². The Bertz CT molecular complexity index is 407. The third kappa shape index (κ3) is 1.39. The molecule has 0 aromatic carbocycles. The highest BCUT2D eigenvalue weighted by atomic mass is 32.1. The van der Waals surface area contributed by atoms with Crippen molar-refractivity contribution in [2.75, 3.05) is 7.11 Å². The molecule has 0 fully saturated rings. The maximum Gasteiger partial charge on any atom is 0.175 e. The van der Waals surface area contributed by atoms with Crippen LogP contribution in [0.25, 0.3) is 6.08 Å². The number of imidazole rings is 1. The van der Waals surface area contributed by atoms with E-state index in [9.17, 15) is 4.39 Å². The van der Waals surface area contributed by atoms with E-state index in [2.05, 4.69) is 9.97 Å². The highest BCUT2D eigenvalue weighted by molar-refractivity contribution is 7.71. The molecule has 1 atom stereocenters. The minimum absolute atomic E-state index is 0.294. The zero-order valence-corrected chi connectivity index (χ0v) is 7.87. The lowest BCUT2D eigenvalue weighted by Crippen LogP contribution is -2.15. The monoisotopic (exact) mass is 200 g/mol. The number of aromatic nitrogens is 2. The third-order valence-electron chi connectivity index (χ3n) is 2.05. The van der Waals surface area contributed by atoms with Crippen molar-refractivity contribution in [2.45, 2.75) is 12.6 Å².